The van der Waals surface area contributed by atoms with E-state index in [9.17, 15) is 0 Å². The topological polar surface area (TPSA) is 948 Å². The number of quaternary nitrogens is 6. The SMILES string of the molecule is O.O.O.O.O.O.O.O.O.O.O.O.[NH4+].[NH4+].[NH4+].[NH4+].[NH4+].[NH4+].[O-2].[O-2].[O-2].[O-2].[O-2].[O-2].[OH-].[OH-].[OH-].[OH-].[OH-].[OH-].[W+2].[W+2].[W+2].[W+2].[W+2].[W+2].[W]. The Morgan fingerprint density at radius 1 is 0.162 bits per heavy atom. The molecule has 0 aliphatic rings. The van der Waals surface area contributed by atoms with E-state index in [1.807, 2.05) is 0 Å². The van der Waals surface area contributed by atoms with Gasteiger partial charge in [-0.1, -0.05) is 0 Å². The Balaban J connectivity index is 0. The number of rotatable bonds is 0. The molecule has 0 fully saturated rings. The third kappa shape index (κ3) is 4280. The fraction of sp³-hybridized carbons (Fsp3) is 0. The van der Waals surface area contributed by atoms with Gasteiger partial charge in [0.2, 0.25) is 0 Å². The van der Waals surface area contributed by atoms with Crippen molar-refractivity contribution in [2.75, 3.05) is 0 Å². The summed E-state index contributed by atoms with van der Waals surface area (Å²) in [5.41, 5.74) is 0. The van der Waals surface area contributed by atoms with Crippen molar-refractivity contribution in [2.45, 2.75) is 0 Å². The Morgan fingerprint density at radius 3 is 0.162 bits per heavy atom. The Morgan fingerprint density at radius 2 is 0.162 bits per heavy atom. The average molecular weight is 1810 g/mol. The molecule has 37 heavy (non-hydrogen) atoms. The van der Waals surface area contributed by atoms with E-state index in [1.165, 1.54) is 0 Å². The van der Waals surface area contributed by atoms with Crippen LogP contribution in [0.25, 0.3) is 0 Å². The van der Waals surface area contributed by atoms with Crippen molar-refractivity contribution in [3.8, 4) is 0 Å². The molecule has 0 aliphatic heterocycles. The third-order valence-electron chi connectivity index (χ3n) is 0. The first-order valence-corrected chi connectivity index (χ1v) is 0. The van der Waals surface area contributed by atoms with Gasteiger partial charge in [-0.25, -0.2) is 0 Å². The Kier molecular flexibility index (Phi) is 594000. The normalized spacial score (nSPS) is 0. The van der Waals surface area contributed by atoms with Gasteiger partial charge < -0.3 is 168 Å². The summed E-state index contributed by atoms with van der Waals surface area (Å²) in [6.07, 6.45) is 0. The van der Waals surface area contributed by atoms with Crippen LogP contribution in [-0.4, -0.2) is 98.6 Å². The van der Waals surface area contributed by atoms with Gasteiger partial charge >= 0.3 is 126 Å². The van der Waals surface area contributed by atoms with Gasteiger partial charge in [-0.2, -0.15) is 0 Å². The van der Waals surface area contributed by atoms with Crippen LogP contribution in [0.5, 0.6) is 0 Å². The fourth-order valence-corrected chi connectivity index (χ4v) is 0. The molecule has 0 aromatic rings. The van der Waals surface area contributed by atoms with E-state index in [2.05, 4.69) is 0 Å². The van der Waals surface area contributed by atoms with Crippen molar-refractivity contribution in [1.82, 2.24) is 36.9 Å². The zero-order chi connectivity index (χ0) is 0. The zero-order valence-corrected chi connectivity index (χ0v) is 40.5. The second kappa shape index (κ2) is 4510. The summed E-state index contributed by atoms with van der Waals surface area (Å²) in [7, 11) is 0. The standard InChI is InChI=1S/6H3N.18H2O.6O.7W/h6*1H3;18*1H2;;;;;;;;;;;;;/q;;;;;;;;;;;;;;;;;;;;;;;;6*-2;;6*+2. The molecule has 0 aliphatic carbocycles. The molecule has 270 valence electrons. The van der Waals surface area contributed by atoms with Crippen molar-refractivity contribution < 1.29 is 279 Å². The van der Waals surface area contributed by atoms with Gasteiger partial charge in [0.05, 0.1) is 0 Å². The fourth-order valence-electron chi connectivity index (χ4n) is 0. The maximum absolute atomic E-state index is 0. The molecule has 0 saturated carbocycles. The Labute approximate surface area is 312 Å². The van der Waals surface area contributed by atoms with Crippen LogP contribution in [-0.2, 0) is 180 Å². The molecule has 0 atom stereocenters. The van der Waals surface area contributed by atoms with Crippen LogP contribution in [0.3, 0.4) is 0 Å². The molecule has 0 rings (SSSR count). The van der Waals surface area contributed by atoms with Crippen molar-refractivity contribution in [1.29, 1.82) is 0 Å². The predicted octanol–water partition coefficient (Wildman–Crippen LogP) is -9.43. The van der Waals surface area contributed by atoms with Gasteiger partial charge in [-0.05, 0) is 0 Å². The molecule has 0 spiro atoms. The quantitative estimate of drug-likeness (QED) is 0.137. The van der Waals surface area contributed by atoms with Crippen LogP contribution in [0.1, 0.15) is 0 Å². The second-order valence-electron chi connectivity index (χ2n) is 0. The van der Waals surface area contributed by atoms with E-state index in [0.29, 0.717) is 0 Å². The van der Waals surface area contributed by atoms with Gasteiger partial charge in [-0.15, -0.1) is 0 Å². The van der Waals surface area contributed by atoms with Crippen LogP contribution in [0.15, 0.2) is 0 Å². The molecule has 54 N–H and O–H groups in total. The molecule has 0 amide bonds. The van der Waals surface area contributed by atoms with Gasteiger partial charge in [0.15, 0.2) is 0 Å². The molecule has 0 aromatic heterocycles. The van der Waals surface area contributed by atoms with E-state index in [4.69, 9.17) is 0 Å². The molecule has 0 heterocycles. The minimum absolute atomic E-state index is 0. The largest absolute Gasteiger partial charge is 2.00 e. The first kappa shape index (κ1) is 4870. The summed E-state index contributed by atoms with van der Waals surface area (Å²) in [5.74, 6) is 0. The summed E-state index contributed by atoms with van der Waals surface area (Å²) >= 11 is 0. The van der Waals surface area contributed by atoms with Crippen molar-refractivity contribution in [3.05, 3.63) is 0 Å². The molecule has 37 heteroatoms. The summed E-state index contributed by atoms with van der Waals surface area (Å²) in [6.45, 7) is 0. The first-order valence-electron chi connectivity index (χ1n) is 0. The van der Waals surface area contributed by atoms with E-state index >= 15 is 0 Å². The summed E-state index contributed by atoms with van der Waals surface area (Å²) in [5, 5.41) is 0. The summed E-state index contributed by atoms with van der Waals surface area (Å²) in [6, 6.07) is 0. The number of hydrogen-bond acceptors (Lipinski definition) is 6. The smallest absolute Gasteiger partial charge is 2.00 e. The van der Waals surface area contributed by atoms with Crippen LogP contribution in [0.2, 0.25) is 0 Å². The number of hydrogen-bond donors (Lipinski definition) is 6. The molecule has 0 radical (unpaired) electrons. The van der Waals surface area contributed by atoms with Crippen molar-refractivity contribution in [2.24, 2.45) is 0 Å². The van der Waals surface area contributed by atoms with Gasteiger partial charge in [0.25, 0.3) is 0 Å². The Hall–Kier alpha value is 3.62. The molecule has 0 saturated heterocycles. The molecular weight excluding hydrogens is 1750 g/mol. The molecule has 0 unspecified atom stereocenters. The third-order valence-corrected chi connectivity index (χ3v) is 0. The van der Waals surface area contributed by atoms with Crippen LogP contribution in [0, 0.1) is 0 Å². The maximum Gasteiger partial charge on any atom is 2.00 e. The van der Waals surface area contributed by atoms with Crippen molar-refractivity contribution in [3.63, 3.8) is 0 Å². The molecular formula is H54N6O24W7. The Bertz CT molecular complexity index is 47.5. The van der Waals surface area contributed by atoms with E-state index in [0.717, 1.165) is 0 Å². The van der Waals surface area contributed by atoms with E-state index in [1.54, 1.807) is 0 Å². The van der Waals surface area contributed by atoms with Crippen molar-refractivity contribution >= 4 is 0 Å². The van der Waals surface area contributed by atoms with Gasteiger partial charge in [-0.3, -0.25) is 0 Å². The van der Waals surface area contributed by atoms with E-state index in [-0.39, 0.29) is 316 Å². The minimum Gasteiger partial charge on any atom is -2.00 e. The molecule has 30 nitrogen and oxygen atoms in total. The summed E-state index contributed by atoms with van der Waals surface area (Å²) < 4.78 is 0. The maximum atomic E-state index is 0. The minimum atomic E-state index is 0. The van der Waals surface area contributed by atoms with E-state index < -0.39 is 0 Å². The predicted molar refractivity (Wildman–Crippen MR) is 95.0 cm³/mol. The molecule has 0 bridgehead atoms. The van der Waals surface area contributed by atoms with Crippen LogP contribution in [0.4, 0.5) is 0 Å². The first-order chi connectivity index (χ1) is 0. The van der Waals surface area contributed by atoms with Gasteiger partial charge in [0, 0.05) is 21.1 Å². The van der Waals surface area contributed by atoms with Crippen LogP contribution < -0.4 is 36.9 Å². The summed E-state index contributed by atoms with van der Waals surface area (Å²) in [4.78, 5) is 0. The monoisotopic (exact) mass is 1810 g/mol. The zero-order valence-electron chi connectivity index (χ0n) is 20.0. The second-order valence-corrected chi connectivity index (χ2v) is 0. The van der Waals surface area contributed by atoms with Crippen LogP contribution >= 0.6 is 0 Å². The van der Waals surface area contributed by atoms with Gasteiger partial charge in [0.1, 0.15) is 0 Å². The average Bonchev–Trinajstić information content (AvgIpc) is 0. The molecule has 0 aromatic carbocycles.